The maximum atomic E-state index is 12.9. The summed E-state index contributed by atoms with van der Waals surface area (Å²) in [6, 6.07) is 11.6. The van der Waals surface area contributed by atoms with Gasteiger partial charge in [0.15, 0.2) is 5.75 Å². The van der Waals surface area contributed by atoms with Crippen molar-refractivity contribution in [2.75, 3.05) is 20.8 Å². The number of carbonyl (C=O) groups excluding carboxylic acids is 1. The van der Waals surface area contributed by atoms with Crippen molar-refractivity contribution in [3.63, 3.8) is 0 Å². The number of nitrogens with zero attached hydrogens (tertiary/aromatic N) is 2. The Morgan fingerprint density at radius 3 is 2.55 bits per heavy atom. The second-order valence-corrected chi connectivity index (χ2v) is 6.68. The van der Waals surface area contributed by atoms with Gasteiger partial charge >= 0.3 is 11.7 Å². The number of methoxy groups -OCH3 is 2. The molecule has 31 heavy (non-hydrogen) atoms. The Hall–Kier alpha value is -3.66. The van der Waals surface area contributed by atoms with Gasteiger partial charge in [0.05, 0.1) is 43.4 Å². The third-order valence-corrected chi connectivity index (χ3v) is 4.95. The van der Waals surface area contributed by atoms with Gasteiger partial charge in [-0.3, -0.25) is 10.1 Å². The molecule has 10 nitrogen and oxygen atoms in total. The van der Waals surface area contributed by atoms with Gasteiger partial charge < -0.3 is 24.2 Å². The number of nitro benzene ring substituents is 1. The van der Waals surface area contributed by atoms with Crippen molar-refractivity contribution < 1.29 is 33.9 Å². The van der Waals surface area contributed by atoms with Crippen LogP contribution in [-0.4, -0.2) is 48.1 Å². The second kappa shape index (κ2) is 9.00. The molecule has 0 fully saturated rings. The average Bonchev–Trinajstić information content (AvgIpc) is 3.25. The molecule has 0 saturated heterocycles. The zero-order valence-corrected chi connectivity index (χ0v) is 17.2. The number of aliphatic hydroxyl groups is 1. The minimum Gasteiger partial charge on any atom is -0.493 e. The summed E-state index contributed by atoms with van der Waals surface area (Å²) in [4.78, 5) is 29.5. The quantitative estimate of drug-likeness (QED) is 0.384. The number of rotatable bonds is 8. The maximum absolute atomic E-state index is 12.9. The summed E-state index contributed by atoms with van der Waals surface area (Å²) in [5.74, 6) is -0.976. The van der Waals surface area contributed by atoms with Crippen molar-refractivity contribution in [2.45, 2.75) is 25.0 Å². The summed E-state index contributed by atoms with van der Waals surface area (Å²) in [7, 11) is 2.57. The number of esters is 1. The van der Waals surface area contributed by atoms with E-state index in [4.69, 9.17) is 19.0 Å². The molecule has 0 spiro atoms. The number of hydrogen-bond donors (Lipinski definition) is 1. The van der Waals surface area contributed by atoms with Gasteiger partial charge in [0.25, 0.3) is 5.60 Å². The Balaban J connectivity index is 2.10. The Labute approximate surface area is 178 Å². The van der Waals surface area contributed by atoms with Crippen molar-refractivity contribution in [3.05, 3.63) is 63.7 Å². The highest BCUT2D eigenvalue weighted by atomic mass is 16.7. The van der Waals surface area contributed by atoms with E-state index in [-0.39, 0.29) is 30.1 Å². The van der Waals surface area contributed by atoms with Crippen LogP contribution in [-0.2, 0) is 14.4 Å². The highest BCUT2D eigenvalue weighted by Crippen LogP contribution is 2.47. The van der Waals surface area contributed by atoms with E-state index >= 15 is 0 Å². The SMILES string of the molecule is CCOC(=O)[C@@]1([C@H](O)c2ccc(OC)c(OC)c2[N+](=O)[O-])CC(c2ccccc2)=NO1. The molecule has 164 valence electrons. The van der Waals surface area contributed by atoms with Crippen molar-refractivity contribution in [3.8, 4) is 11.5 Å². The summed E-state index contributed by atoms with van der Waals surface area (Å²) in [6.07, 6.45) is -1.93. The van der Waals surface area contributed by atoms with Crippen molar-refractivity contribution >= 4 is 17.4 Å². The fourth-order valence-electron chi connectivity index (χ4n) is 3.44. The van der Waals surface area contributed by atoms with Gasteiger partial charge in [0.2, 0.25) is 5.75 Å². The van der Waals surface area contributed by atoms with E-state index < -0.39 is 28.3 Å². The first-order valence-electron chi connectivity index (χ1n) is 9.44. The van der Waals surface area contributed by atoms with Crippen molar-refractivity contribution in [1.29, 1.82) is 0 Å². The highest BCUT2D eigenvalue weighted by Gasteiger charge is 2.56. The molecule has 0 aromatic heterocycles. The number of aliphatic hydroxyl groups excluding tert-OH is 1. The molecule has 0 aliphatic carbocycles. The Bertz CT molecular complexity index is 1010. The summed E-state index contributed by atoms with van der Waals surface area (Å²) in [6.45, 7) is 1.62. The molecule has 10 heteroatoms. The summed E-state index contributed by atoms with van der Waals surface area (Å²) >= 11 is 0. The number of hydrogen-bond acceptors (Lipinski definition) is 9. The standard InChI is InChI=1S/C21H22N2O8/c1-4-30-20(25)21(12-15(22-31-21)13-8-6-5-7-9-13)19(24)14-10-11-16(28-2)18(29-3)17(14)23(26)27/h5-11,19,24H,4,12H2,1-3H3/t19-,21+/m1/s1. The number of benzene rings is 2. The molecule has 3 rings (SSSR count). The molecular weight excluding hydrogens is 408 g/mol. The molecule has 0 radical (unpaired) electrons. The molecule has 2 atom stereocenters. The molecule has 2 aromatic carbocycles. The number of oxime groups is 1. The van der Waals surface area contributed by atoms with Crippen LogP contribution in [0, 0.1) is 10.1 Å². The van der Waals surface area contributed by atoms with Crippen LogP contribution in [0.4, 0.5) is 5.69 Å². The molecule has 0 bridgehead atoms. The summed E-state index contributed by atoms with van der Waals surface area (Å²) in [5, 5.41) is 27.1. The molecule has 1 aliphatic rings. The van der Waals surface area contributed by atoms with Gasteiger partial charge in [-0.25, -0.2) is 4.79 Å². The topological polar surface area (TPSA) is 130 Å². The first-order chi connectivity index (χ1) is 14.9. The fraction of sp³-hybridized carbons (Fsp3) is 0.333. The van der Waals surface area contributed by atoms with Crippen LogP contribution in [0.3, 0.4) is 0 Å². The second-order valence-electron chi connectivity index (χ2n) is 6.68. The predicted molar refractivity (Wildman–Crippen MR) is 109 cm³/mol. The lowest BCUT2D eigenvalue weighted by Crippen LogP contribution is -2.46. The van der Waals surface area contributed by atoms with Crippen LogP contribution >= 0.6 is 0 Å². The molecule has 0 saturated carbocycles. The third-order valence-electron chi connectivity index (χ3n) is 4.95. The lowest BCUT2D eigenvalue weighted by Gasteiger charge is -2.29. The van der Waals surface area contributed by atoms with E-state index in [1.54, 1.807) is 31.2 Å². The van der Waals surface area contributed by atoms with E-state index in [2.05, 4.69) is 5.16 Å². The number of nitro groups is 1. The average molecular weight is 430 g/mol. The molecule has 1 aliphatic heterocycles. The van der Waals surface area contributed by atoms with E-state index in [1.807, 2.05) is 6.07 Å². The molecular formula is C21H22N2O8. The van der Waals surface area contributed by atoms with Gasteiger partial charge in [-0.2, -0.15) is 0 Å². The summed E-state index contributed by atoms with van der Waals surface area (Å²) < 4.78 is 15.4. The van der Waals surface area contributed by atoms with E-state index in [1.165, 1.54) is 26.4 Å². The van der Waals surface area contributed by atoms with Gasteiger partial charge in [-0.05, 0) is 24.6 Å². The van der Waals surface area contributed by atoms with Gasteiger partial charge in [-0.15, -0.1) is 0 Å². The molecule has 1 heterocycles. The summed E-state index contributed by atoms with van der Waals surface area (Å²) in [5.41, 5.74) is -1.67. The van der Waals surface area contributed by atoms with Crippen LogP contribution < -0.4 is 9.47 Å². The first kappa shape index (κ1) is 22.0. The van der Waals surface area contributed by atoms with Gasteiger partial charge in [-0.1, -0.05) is 35.5 Å². The van der Waals surface area contributed by atoms with E-state index in [0.717, 1.165) is 0 Å². The zero-order valence-electron chi connectivity index (χ0n) is 17.2. The van der Waals surface area contributed by atoms with Crippen LogP contribution in [0.25, 0.3) is 0 Å². The molecule has 0 unspecified atom stereocenters. The Kier molecular flexibility index (Phi) is 6.40. The Morgan fingerprint density at radius 1 is 1.26 bits per heavy atom. The molecule has 2 aromatic rings. The smallest absolute Gasteiger partial charge is 0.356 e. The van der Waals surface area contributed by atoms with Crippen LogP contribution in [0.5, 0.6) is 11.5 Å². The van der Waals surface area contributed by atoms with Crippen molar-refractivity contribution in [1.82, 2.24) is 0 Å². The largest absolute Gasteiger partial charge is 0.493 e. The maximum Gasteiger partial charge on any atom is 0.356 e. The number of ether oxygens (including phenoxy) is 3. The third kappa shape index (κ3) is 3.89. The van der Waals surface area contributed by atoms with Crippen LogP contribution in [0.2, 0.25) is 0 Å². The van der Waals surface area contributed by atoms with Gasteiger partial charge in [0.1, 0.15) is 6.10 Å². The zero-order chi connectivity index (χ0) is 22.6. The predicted octanol–water partition coefficient (Wildman–Crippen LogP) is 2.77. The molecule has 1 N–H and O–H groups in total. The minimum atomic E-state index is -2.01. The molecule has 0 amide bonds. The van der Waals surface area contributed by atoms with E-state index in [0.29, 0.717) is 11.3 Å². The van der Waals surface area contributed by atoms with Crippen LogP contribution in [0.1, 0.15) is 30.6 Å². The van der Waals surface area contributed by atoms with Gasteiger partial charge in [0, 0.05) is 0 Å². The number of carbonyl (C=O) groups is 1. The Morgan fingerprint density at radius 2 is 1.97 bits per heavy atom. The normalized spacial score (nSPS) is 18.5. The lowest BCUT2D eigenvalue weighted by atomic mass is 9.84. The monoisotopic (exact) mass is 430 g/mol. The highest BCUT2D eigenvalue weighted by molar-refractivity contribution is 6.05. The fourth-order valence-corrected chi connectivity index (χ4v) is 3.44. The van der Waals surface area contributed by atoms with Crippen LogP contribution in [0.15, 0.2) is 47.6 Å². The van der Waals surface area contributed by atoms with Crippen molar-refractivity contribution in [2.24, 2.45) is 5.16 Å². The minimum absolute atomic E-state index is 0.0192. The first-order valence-corrected chi connectivity index (χ1v) is 9.44. The van der Waals surface area contributed by atoms with E-state index in [9.17, 15) is 20.0 Å². The lowest BCUT2D eigenvalue weighted by molar-refractivity contribution is -0.387.